The van der Waals surface area contributed by atoms with E-state index in [0.29, 0.717) is 0 Å². The second kappa shape index (κ2) is 10.2. The molecule has 0 heteroatoms. The van der Waals surface area contributed by atoms with Crippen LogP contribution < -0.4 is 0 Å². The van der Waals surface area contributed by atoms with Crippen molar-refractivity contribution in [1.29, 1.82) is 0 Å². The highest BCUT2D eigenvalue weighted by molar-refractivity contribution is 6.22. The lowest BCUT2D eigenvalue weighted by Crippen LogP contribution is -1.92. The fourth-order valence-electron chi connectivity index (χ4n) is 4.69. The average Bonchev–Trinajstić information content (AvgIpc) is 3.32. The van der Waals surface area contributed by atoms with E-state index in [1.54, 1.807) is 0 Å². The van der Waals surface area contributed by atoms with Crippen LogP contribution in [0.3, 0.4) is 0 Å². The van der Waals surface area contributed by atoms with Gasteiger partial charge in [0, 0.05) is 0 Å². The van der Waals surface area contributed by atoms with Crippen LogP contribution in [-0.2, 0) is 0 Å². The van der Waals surface area contributed by atoms with Crippen LogP contribution in [0, 0.1) is 0 Å². The zero-order valence-corrected chi connectivity index (χ0v) is 21.0. The maximum atomic E-state index is 9.97. The molecule has 0 aliphatic heterocycles. The molecule has 42 heavy (non-hydrogen) atoms. The summed E-state index contributed by atoms with van der Waals surface area (Å²) in [6.07, 6.45) is 0. The highest BCUT2D eigenvalue weighted by atomic mass is 14.2. The molecule has 0 aliphatic carbocycles. The summed E-state index contributed by atoms with van der Waals surface area (Å²) in [5, 5.41) is -4.46. The Hall–Kier alpha value is -5.46. The van der Waals surface area contributed by atoms with Crippen molar-refractivity contribution in [2.75, 3.05) is 0 Å². The van der Waals surface area contributed by atoms with Gasteiger partial charge in [-0.25, -0.2) is 0 Å². The van der Waals surface area contributed by atoms with Crippen LogP contribution in [0.1, 0.15) is 38.4 Å². The van der Waals surface area contributed by atoms with Gasteiger partial charge in [-0.15, -0.1) is 0 Å². The Bertz CT molecular complexity index is 3660. The van der Waals surface area contributed by atoms with Gasteiger partial charge in [0.2, 0.25) is 0 Å². The second-order valence-corrected chi connectivity index (χ2v) is 8.75. The van der Waals surface area contributed by atoms with Crippen LogP contribution in [0.15, 0.2) is 169 Å². The average molecular weight is 561 g/mol. The molecule has 0 heterocycles. The fraction of sp³-hybridized carbons (Fsp3) is 0. The molecule has 0 N–H and O–H groups in total. The van der Waals surface area contributed by atoms with Crippen molar-refractivity contribution in [2.24, 2.45) is 0 Å². The van der Waals surface area contributed by atoms with E-state index >= 15 is 0 Å². The van der Waals surface area contributed by atoms with Crippen LogP contribution in [0.2, 0.25) is 0 Å². The van der Waals surface area contributed by atoms with Gasteiger partial charge in [0.15, 0.2) is 0 Å². The highest BCUT2D eigenvalue weighted by Crippen LogP contribution is 2.45. The summed E-state index contributed by atoms with van der Waals surface area (Å²) in [6.45, 7) is 0. The standard InChI is InChI=1S/C42H28/c1-3-14-30(15-4-1)35-26-25-34(28-40(35)31-16-5-2-6-17-31)42-38-21-11-9-19-36(38)41(37-20-10-12-22-39(37)42)33-24-23-29-13-7-8-18-32(29)27-33/h1-28H/i1D,2D,3D,4D,5D,6D,7D,8D,9D,10D,11D,12D,13D,14D,15D,16D,17D,18D,19D,20D,21D,22D,23D,24D,25D,26D,27D,28D. The SMILES string of the molecule is [2H]c1c([2H])c([2H])c(-c2c([2H])c([2H])c(-c3c4c([2H])c([2H])c([2H])c([2H])c4c(-c4c([2H])c([2H])c5c([2H])c([2H])c([2H])c([2H])c5c4[2H])c4c([2H])c([2H])c([2H])c([2H])c34)c([2H])c2-c2c([2H])c([2H])c([2H])c([2H])c2[2H])c([2H])c1[2H]. The van der Waals surface area contributed by atoms with Gasteiger partial charge in [-0.3, -0.25) is 0 Å². The first-order valence-corrected chi connectivity index (χ1v) is 12.2. The minimum absolute atomic E-state index is 0.598. The van der Waals surface area contributed by atoms with Gasteiger partial charge in [0.05, 0.1) is 38.4 Å². The molecular formula is C42H28. The van der Waals surface area contributed by atoms with E-state index in [0.717, 1.165) is 0 Å². The van der Waals surface area contributed by atoms with Gasteiger partial charge >= 0.3 is 0 Å². The summed E-state index contributed by atoms with van der Waals surface area (Å²) in [6, 6.07) is -28.1. The van der Waals surface area contributed by atoms with E-state index in [2.05, 4.69) is 0 Å². The topological polar surface area (TPSA) is 0 Å². The molecule has 0 aromatic heterocycles. The molecule has 0 atom stereocenters. The zero-order chi connectivity index (χ0) is 52.2. The summed E-state index contributed by atoms with van der Waals surface area (Å²) in [7, 11) is 0. The third-order valence-electron chi connectivity index (χ3n) is 6.44. The van der Waals surface area contributed by atoms with Crippen molar-refractivity contribution in [2.45, 2.75) is 0 Å². The Morgan fingerprint density at radius 3 is 1.29 bits per heavy atom. The first kappa shape index (κ1) is 9.02. The molecule has 0 aliphatic rings. The molecule has 0 bridgehead atoms. The normalized spacial score (nSPS) is 20.7. The van der Waals surface area contributed by atoms with Gasteiger partial charge in [-0.1, -0.05) is 157 Å². The molecule has 8 aromatic rings. The molecule has 8 aromatic carbocycles. The first-order chi connectivity index (χ1) is 32.5. The summed E-state index contributed by atoms with van der Waals surface area (Å²) in [5.74, 6) is 0. The van der Waals surface area contributed by atoms with Crippen molar-refractivity contribution in [3.63, 3.8) is 0 Å². The maximum Gasteiger partial charge on any atom is 0.0636 e. The molecular weight excluding hydrogens is 504 g/mol. The number of benzene rings is 8. The molecule has 196 valence electrons. The van der Waals surface area contributed by atoms with E-state index < -0.39 is 246 Å². The number of hydrogen-bond acceptors (Lipinski definition) is 0. The molecule has 0 radical (unpaired) electrons. The minimum Gasteiger partial charge on any atom is -0.0622 e. The lowest BCUT2D eigenvalue weighted by molar-refractivity contribution is 1.58. The van der Waals surface area contributed by atoms with Crippen LogP contribution in [0.4, 0.5) is 0 Å². The summed E-state index contributed by atoms with van der Waals surface area (Å²) in [5.41, 5.74) is -7.00. The Kier molecular flexibility index (Phi) is 2.19. The van der Waals surface area contributed by atoms with Crippen molar-refractivity contribution < 1.29 is 38.4 Å². The molecule has 0 saturated carbocycles. The Morgan fingerprint density at radius 1 is 0.286 bits per heavy atom. The summed E-state index contributed by atoms with van der Waals surface area (Å²) < 4.78 is 250. The van der Waals surface area contributed by atoms with Gasteiger partial charge in [-0.05, 0) is 88.9 Å². The lowest BCUT2D eigenvalue weighted by Gasteiger charge is -2.19. The third kappa shape index (κ3) is 4.08. The van der Waals surface area contributed by atoms with Crippen LogP contribution in [0.5, 0.6) is 0 Å². The van der Waals surface area contributed by atoms with E-state index in [1.165, 1.54) is 0 Å². The van der Waals surface area contributed by atoms with Crippen molar-refractivity contribution >= 4 is 32.3 Å². The fourth-order valence-corrected chi connectivity index (χ4v) is 4.69. The van der Waals surface area contributed by atoms with Crippen LogP contribution in [0.25, 0.3) is 76.8 Å². The Labute approximate surface area is 285 Å². The monoisotopic (exact) mass is 560 g/mol. The van der Waals surface area contributed by atoms with E-state index in [-0.39, 0.29) is 0 Å². The van der Waals surface area contributed by atoms with Gasteiger partial charge < -0.3 is 0 Å². The maximum absolute atomic E-state index is 9.97. The number of hydrogen-bond donors (Lipinski definition) is 0. The van der Waals surface area contributed by atoms with Crippen LogP contribution in [-0.4, -0.2) is 0 Å². The molecule has 0 fully saturated rings. The van der Waals surface area contributed by atoms with Crippen molar-refractivity contribution in [3.8, 4) is 44.5 Å². The summed E-state index contributed by atoms with van der Waals surface area (Å²) >= 11 is 0. The minimum atomic E-state index is -1.17. The summed E-state index contributed by atoms with van der Waals surface area (Å²) in [4.78, 5) is 0. The predicted octanol–water partition coefficient (Wildman–Crippen LogP) is 11.8. The lowest BCUT2D eigenvalue weighted by atomic mass is 9.84. The van der Waals surface area contributed by atoms with Crippen molar-refractivity contribution in [3.05, 3.63) is 169 Å². The molecule has 0 saturated heterocycles. The van der Waals surface area contributed by atoms with Crippen molar-refractivity contribution in [1.82, 2.24) is 0 Å². The second-order valence-electron chi connectivity index (χ2n) is 8.75. The highest BCUT2D eigenvalue weighted by Gasteiger charge is 2.18. The predicted molar refractivity (Wildman–Crippen MR) is 181 cm³/mol. The smallest absolute Gasteiger partial charge is 0.0622 e. The number of rotatable bonds is 4. The Morgan fingerprint density at radius 2 is 0.714 bits per heavy atom. The molecule has 0 nitrogen and oxygen atoms in total. The zero-order valence-electron chi connectivity index (χ0n) is 49.0. The third-order valence-corrected chi connectivity index (χ3v) is 6.44. The quantitative estimate of drug-likeness (QED) is 0.188. The van der Waals surface area contributed by atoms with E-state index in [1.807, 2.05) is 0 Å². The molecule has 0 amide bonds. The van der Waals surface area contributed by atoms with E-state index in [4.69, 9.17) is 26.0 Å². The van der Waals surface area contributed by atoms with Gasteiger partial charge in [0.25, 0.3) is 0 Å². The van der Waals surface area contributed by atoms with E-state index in [9.17, 15) is 12.3 Å². The van der Waals surface area contributed by atoms with Gasteiger partial charge in [-0.2, -0.15) is 0 Å². The molecule has 0 spiro atoms. The Balaban J connectivity index is 1.77. The first-order valence-electron chi connectivity index (χ1n) is 26.2. The number of fused-ring (bicyclic) bond motifs is 3. The molecule has 8 rings (SSSR count). The molecule has 0 unspecified atom stereocenters. The largest absolute Gasteiger partial charge is 0.0636 e. The van der Waals surface area contributed by atoms with Gasteiger partial charge in [0.1, 0.15) is 0 Å². The van der Waals surface area contributed by atoms with Crippen LogP contribution >= 0.6 is 0 Å².